The fourth-order valence-electron chi connectivity index (χ4n) is 2.60. The summed E-state index contributed by atoms with van der Waals surface area (Å²) in [5.74, 6) is -0.348. The molecule has 1 unspecified atom stereocenters. The van der Waals surface area contributed by atoms with E-state index in [9.17, 15) is 9.59 Å². The lowest BCUT2D eigenvalue weighted by Crippen LogP contribution is -2.52. The SMILES string of the molecule is COC(=O)C(c1ccccn1)N1CCN(C(=O)OC(C)(C)C)CC1. The number of pyridine rings is 1. The third-order valence-corrected chi connectivity index (χ3v) is 3.72. The number of hydrogen-bond donors (Lipinski definition) is 0. The van der Waals surface area contributed by atoms with Gasteiger partial charge in [-0.3, -0.25) is 9.88 Å². The van der Waals surface area contributed by atoms with Gasteiger partial charge in [-0.2, -0.15) is 0 Å². The summed E-state index contributed by atoms with van der Waals surface area (Å²) in [4.78, 5) is 32.3. The Bertz CT molecular complexity index is 563. The van der Waals surface area contributed by atoms with Crippen molar-refractivity contribution in [2.24, 2.45) is 0 Å². The fraction of sp³-hybridized carbons (Fsp3) is 0.588. The van der Waals surface area contributed by atoms with Crippen molar-refractivity contribution in [2.45, 2.75) is 32.4 Å². The van der Waals surface area contributed by atoms with E-state index in [-0.39, 0.29) is 12.1 Å². The average Bonchev–Trinajstić information content (AvgIpc) is 2.55. The van der Waals surface area contributed by atoms with E-state index in [0.29, 0.717) is 31.9 Å². The third-order valence-electron chi connectivity index (χ3n) is 3.72. The molecule has 7 nitrogen and oxygen atoms in total. The van der Waals surface area contributed by atoms with Crippen molar-refractivity contribution in [1.82, 2.24) is 14.8 Å². The molecule has 0 spiro atoms. The standard InChI is InChI=1S/C17H25N3O4/c1-17(2,3)24-16(22)20-11-9-19(10-12-20)14(15(21)23-4)13-7-5-6-8-18-13/h5-8,14H,9-12H2,1-4H3. The maximum absolute atomic E-state index is 12.2. The molecule has 132 valence electrons. The predicted octanol–water partition coefficient (Wildman–Crippen LogP) is 1.85. The first-order valence-electron chi connectivity index (χ1n) is 8.02. The molecule has 0 aliphatic carbocycles. The number of esters is 1. The molecular weight excluding hydrogens is 310 g/mol. The van der Waals surface area contributed by atoms with Crippen molar-refractivity contribution in [3.05, 3.63) is 30.1 Å². The van der Waals surface area contributed by atoms with Crippen LogP contribution in [0.3, 0.4) is 0 Å². The van der Waals surface area contributed by atoms with Crippen LogP contribution < -0.4 is 0 Å². The zero-order valence-corrected chi connectivity index (χ0v) is 14.7. The number of carbonyl (C=O) groups excluding carboxylic acids is 2. The maximum Gasteiger partial charge on any atom is 0.410 e. The van der Waals surface area contributed by atoms with Gasteiger partial charge >= 0.3 is 12.1 Å². The second-order valence-corrected chi connectivity index (χ2v) is 6.68. The number of piperazine rings is 1. The highest BCUT2D eigenvalue weighted by Gasteiger charge is 2.34. The van der Waals surface area contributed by atoms with E-state index in [4.69, 9.17) is 9.47 Å². The largest absolute Gasteiger partial charge is 0.468 e. The molecule has 1 amide bonds. The second kappa shape index (κ2) is 7.61. The van der Waals surface area contributed by atoms with Crippen LogP contribution in [0.5, 0.6) is 0 Å². The van der Waals surface area contributed by atoms with Gasteiger partial charge in [0.2, 0.25) is 0 Å². The molecule has 1 saturated heterocycles. The van der Waals surface area contributed by atoms with Gasteiger partial charge in [0.25, 0.3) is 0 Å². The van der Waals surface area contributed by atoms with E-state index in [0.717, 1.165) is 0 Å². The summed E-state index contributed by atoms with van der Waals surface area (Å²) in [5, 5.41) is 0. The zero-order valence-electron chi connectivity index (χ0n) is 14.7. The van der Waals surface area contributed by atoms with Gasteiger partial charge < -0.3 is 14.4 Å². The monoisotopic (exact) mass is 335 g/mol. The molecule has 0 bridgehead atoms. The first-order valence-corrected chi connectivity index (χ1v) is 8.02. The van der Waals surface area contributed by atoms with Gasteiger partial charge in [-0.05, 0) is 32.9 Å². The van der Waals surface area contributed by atoms with Crippen LogP contribution in [-0.4, -0.2) is 65.7 Å². The minimum absolute atomic E-state index is 0.324. The van der Waals surface area contributed by atoms with Gasteiger partial charge in [-0.1, -0.05) is 6.07 Å². The lowest BCUT2D eigenvalue weighted by atomic mass is 10.1. The molecule has 1 aliphatic rings. The molecule has 1 aliphatic heterocycles. The Labute approximate surface area is 142 Å². The summed E-state index contributed by atoms with van der Waals surface area (Å²) in [7, 11) is 1.37. The van der Waals surface area contributed by atoms with E-state index in [1.807, 2.05) is 37.8 Å². The summed E-state index contributed by atoms with van der Waals surface area (Å²) in [6.07, 6.45) is 1.33. The van der Waals surface area contributed by atoms with Crippen LogP contribution in [0.2, 0.25) is 0 Å². The summed E-state index contributed by atoms with van der Waals surface area (Å²) in [5.41, 5.74) is 0.131. The molecule has 1 aromatic heterocycles. The Morgan fingerprint density at radius 1 is 1.17 bits per heavy atom. The number of hydrogen-bond acceptors (Lipinski definition) is 6. The summed E-state index contributed by atoms with van der Waals surface area (Å²) >= 11 is 0. The Hall–Kier alpha value is -2.15. The molecule has 0 radical (unpaired) electrons. The smallest absolute Gasteiger partial charge is 0.410 e. The van der Waals surface area contributed by atoms with Crippen molar-refractivity contribution in [2.75, 3.05) is 33.3 Å². The molecule has 0 saturated carbocycles. The van der Waals surface area contributed by atoms with Crippen molar-refractivity contribution in [3.63, 3.8) is 0 Å². The number of carbonyl (C=O) groups is 2. The maximum atomic E-state index is 12.2. The normalized spacial score (nSPS) is 17.2. The van der Waals surface area contributed by atoms with Crippen molar-refractivity contribution in [3.8, 4) is 0 Å². The third kappa shape index (κ3) is 4.67. The molecule has 24 heavy (non-hydrogen) atoms. The summed E-state index contributed by atoms with van der Waals surface area (Å²) in [6, 6.07) is 4.90. The fourth-order valence-corrected chi connectivity index (χ4v) is 2.60. The molecule has 1 aromatic rings. The van der Waals surface area contributed by atoms with Crippen molar-refractivity contribution >= 4 is 12.1 Å². The van der Waals surface area contributed by atoms with Crippen LogP contribution in [0, 0.1) is 0 Å². The lowest BCUT2D eigenvalue weighted by Gasteiger charge is -2.38. The van der Waals surface area contributed by atoms with Gasteiger partial charge in [0.1, 0.15) is 5.60 Å². The van der Waals surface area contributed by atoms with E-state index < -0.39 is 11.6 Å². The van der Waals surface area contributed by atoms with Crippen LogP contribution in [0.4, 0.5) is 4.79 Å². The number of ether oxygens (including phenoxy) is 2. The van der Waals surface area contributed by atoms with Crippen LogP contribution in [-0.2, 0) is 14.3 Å². The van der Waals surface area contributed by atoms with Gasteiger partial charge in [-0.15, -0.1) is 0 Å². The molecular formula is C17H25N3O4. The highest BCUT2D eigenvalue weighted by molar-refractivity contribution is 5.77. The molecule has 1 atom stereocenters. The Morgan fingerprint density at radius 3 is 2.33 bits per heavy atom. The van der Waals surface area contributed by atoms with E-state index in [1.54, 1.807) is 17.2 Å². The molecule has 7 heteroatoms. The van der Waals surface area contributed by atoms with E-state index >= 15 is 0 Å². The molecule has 0 N–H and O–H groups in total. The Kier molecular flexibility index (Phi) is 5.77. The summed E-state index contributed by atoms with van der Waals surface area (Å²) < 4.78 is 10.3. The number of amides is 1. The topological polar surface area (TPSA) is 72.0 Å². The van der Waals surface area contributed by atoms with Gasteiger partial charge in [0.15, 0.2) is 6.04 Å². The zero-order chi connectivity index (χ0) is 17.7. The minimum Gasteiger partial charge on any atom is -0.468 e. The first kappa shape index (κ1) is 18.2. The van der Waals surface area contributed by atoms with E-state index in [1.165, 1.54) is 7.11 Å². The quantitative estimate of drug-likeness (QED) is 0.785. The van der Waals surface area contributed by atoms with E-state index in [2.05, 4.69) is 4.98 Å². The predicted molar refractivity (Wildman–Crippen MR) is 88.4 cm³/mol. The Morgan fingerprint density at radius 2 is 1.83 bits per heavy atom. The average molecular weight is 335 g/mol. The Balaban J connectivity index is 2.03. The highest BCUT2D eigenvalue weighted by atomic mass is 16.6. The van der Waals surface area contributed by atoms with Crippen LogP contribution >= 0.6 is 0 Å². The number of methoxy groups -OCH3 is 1. The molecule has 2 heterocycles. The number of nitrogens with zero attached hydrogens (tertiary/aromatic N) is 3. The van der Waals surface area contributed by atoms with Crippen molar-refractivity contribution < 1.29 is 19.1 Å². The summed E-state index contributed by atoms with van der Waals surface area (Å²) in [6.45, 7) is 7.62. The van der Waals surface area contributed by atoms with Crippen molar-refractivity contribution in [1.29, 1.82) is 0 Å². The minimum atomic E-state index is -0.558. The van der Waals surface area contributed by atoms with Gasteiger partial charge in [0, 0.05) is 32.4 Å². The van der Waals surface area contributed by atoms with Gasteiger partial charge in [-0.25, -0.2) is 9.59 Å². The van der Waals surface area contributed by atoms with Crippen LogP contribution in [0.15, 0.2) is 24.4 Å². The highest BCUT2D eigenvalue weighted by Crippen LogP contribution is 2.22. The molecule has 2 rings (SSSR count). The van der Waals surface area contributed by atoms with Crippen LogP contribution in [0.25, 0.3) is 0 Å². The molecule has 0 aromatic carbocycles. The number of rotatable bonds is 3. The van der Waals surface area contributed by atoms with Crippen LogP contribution in [0.1, 0.15) is 32.5 Å². The van der Waals surface area contributed by atoms with Gasteiger partial charge in [0.05, 0.1) is 12.8 Å². The molecule has 1 fully saturated rings. The number of aromatic nitrogens is 1. The second-order valence-electron chi connectivity index (χ2n) is 6.68. The first-order chi connectivity index (χ1) is 11.3. The lowest BCUT2D eigenvalue weighted by molar-refractivity contribution is -0.148.